The second-order valence-corrected chi connectivity index (χ2v) is 7.82. The van der Waals surface area contributed by atoms with E-state index in [0.717, 1.165) is 38.3 Å². The number of aromatic nitrogens is 2. The van der Waals surface area contributed by atoms with Gasteiger partial charge in [-0.1, -0.05) is 19.0 Å². The van der Waals surface area contributed by atoms with E-state index < -0.39 is 0 Å². The number of amides is 1. The Morgan fingerprint density at radius 3 is 2.88 bits per heavy atom. The fraction of sp³-hybridized carbons (Fsp3) is 0.833. The summed E-state index contributed by atoms with van der Waals surface area (Å²) in [6.07, 6.45) is 3.96. The van der Waals surface area contributed by atoms with Crippen LogP contribution in [0.15, 0.2) is 4.52 Å². The van der Waals surface area contributed by atoms with Crippen LogP contribution in [0.5, 0.6) is 0 Å². The highest BCUT2D eigenvalue weighted by atomic mass is 16.5. The van der Waals surface area contributed by atoms with Crippen LogP contribution < -0.4 is 0 Å². The third-order valence-corrected chi connectivity index (χ3v) is 5.41. The Kier molecular flexibility index (Phi) is 5.74. The Labute approximate surface area is 149 Å². The zero-order chi connectivity index (χ0) is 17.9. The van der Waals surface area contributed by atoms with Crippen LogP contribution in [-0.2, 0) is 16.1 Å². The second-order valence-electron chi connectivity index (χ2n) is 7.82. The molecule has 1 aromatic heterocycles. The molecular formula is C18H30N4O3. The van der Waals surface area contributed by atoms with Crippen molar-refractivity contribution in [1.82, 2.24) is 19.9 Å². The van der Waals surface area contributed by atoms with Gasteiger partial charge in [0.15, 0.2) is 5.82 Å². The molecule has 0 N–H and O–H groups in total. The Morgan fingerprint density at radius 2 is 2.16 bits per heavy atom. The lowest BCUT2D eigenvalue weighted by Gasteiger charge is -2.48. The van der Waals surface area contributed by atoms with Crippen LogP contribution in [-0.4, -0.2) is 65.7 Å². The van der Waals surface area contributed by atoms with Crippen LogP contribution in [0.25, 0.3) is 0 Å². The Balaban J connectivity index is 1.62. The van der Waals surface area contributed by atoms with Crippen molar-refractivity contribution < 1.29 is 14.1 Å². The molecule has 2 aliphatic heterocycles. The average Bonchev–Trinajstić information content (AvgIpc) is 3.05. The minimum Gasteiger partial charge on any atom is -0.383 e. The lowest BCUT2D eigenvalue weighted by Crippen LogP contribution is -2.54. The SMILES string of the molecule is COCCN1C[C@]2(CCCN(Cc3nc(C(C)C)no3)C2)CCC1=O. The first kappa shape index (κ1) is 18.3. The van der Waals surface area contributed by atoms with Gasteiger partial charge >= 0.3 is 0 Å². The van der Waals surface area contributed by atoms with Crippen molar-refractivity contribution in [2.24, 2.45) is 5.41 Å². The molecule has 0 unspecified atom stereocenters. The van der Waals surface area contributed by atoms with Crippen molar-refractivity contribution in [2.75, 3.05) is 39.9 Å². The predicted octanol–water partition coefficient (Wildman–Crippen LogP) is 2.04. The van der Waals surface area contributed by atoms with E-state index in [1.54, 1.807) is 7.11 Å². The molecular weight excluding hydrogens is 320 g/mol. The smallest absolute Gasteiger partial charge is 0.240 e. The average molecular weight is 350 g/mol. The normalized spacial score (nSPS) is 25.3. The molecule has 0 bridgehead atoms. The summed E-state index contributed by atoms with van der Waals surface area (Å²) < 4.78 is 10.6. The summed E-state index contributed by atoms with van der Waals surface area (Å²) in [5, 5.41) is 4.06. The number of hydrogen-bond acceptors (Lipinski definition) is 6. The molecule has 1 aromatic rings. The molecule has 140 valence electrons. The van der Waals surface area contributed by atoms with Crippen LogP contribution in [0.3, 0.4) is 0 Å². The monoisotopic (exact) mass is 350 g/mol. The van der Waals surface area contributed by atoms with Crippen molar-refractivity contribution >= 4 is 5.91 Å². The van der Waals surface area contributed by atoms with Crippen LogP contribution >= 0.6 is 0 Å². The van der Waals surface area contributed by atoms with Gasteiger partial charge in [0.1, 0.15) is 0 Å². The first-order valence-corrected chi connectivity index (χ1v) is 9.33. The molecule has 25 heavy (non-hydrogen) atoms. The number of likely N-dealkylation sites (tertiary alicyclic amines) is 2. The topological polar surface area (TPSA) is 71.7 Å². The maximum Gasteiger partial charge on any atom is 0.240 e. The molecule has 3 rings (SSSR count). The summed E-state index contributed by atoms with van der Waals surface area (Å²) in [6.45, 7) is 9.01. The van der Waals surface area contributed by atoms with Gasteiger partial charge < -0.3 is 14.2 Å². The van der Waals surface area contributed by atoms with E-state index in [1.165, 1.54) is 6.42 Å². The zero-order valence-electron chi connectivity index (χ0n) is 15.7. The Bertz CT molecular complexity index is 589. The molecule has 0 aliphatic carbocycles. The molecule has 2 fully saturated rings. The van der Waals surface area contributed by atoms with Crippen molar-refractivity contribution in [2.45, 2.75) is 52.0 Å². The van der Waals surface area contributed by atoms with Crippen molar-refractivity contribution in [1.29, 1.82) is 0 Å². The molecule has 7 heteroatoms. The van der Waals surface area contributed by atoms with Gasteiger partial charge in [0.25, 0.3) is 0 Å². The van der Waals surface area contributed by atoms with Crippen LogP contribution in [0, 0.1) is 5.41 Å². The molecule has 0 saturated carbocycles. The summed E-state index contributed by atoms with van der Waals surface area (Å²) in [5.74, 6) is 2.02. The van der Waals surface area contributed by atoms with E-state index in [-0.39, 0.29) is 17.2 Å². The summed E-state index contributed by atoms with van der Waals surface area (Å²) in [5.41, 5.74) is 0.195. The quantitative estimate of drug-likeness (QED) is 0.782. The van der Waals surface area contributed by atoms with Gasteiger partial charge in [-0.2, -0.15) is 4.98 Å². The third kappa shape index (κ3) is 4.39. The Morgan fingerprint density at radius 1 is 1.32 bits per heavy atom. The van der Waals surface area contributed by atoms with E-state index in [1.807, 2.05) is 4.90 Å². The zero-order valence-corrected chi connectivity index (χ0v) is 15.7. The number of carbonyl (C=O) groups excluding carboxylic acids is 1. The largest absolute Gasteiger partial charge is 0.383 e. The minimum atomic E-state index is 0.195. The highest BCUT2D eigenvalue weighted by Crippen LogP contribution is 2.39. The van der Waals surface area contributed by atoms with E-state index in [2.05, 4.69) is 28.9 Å². The number of nitrogens with zero attached hydrogens (tertiary/aromatic N) is 4. The number of hydrogen-bond donors (Lipinski definition) is 0. The highest BCUT2D eigenvalue weighted by molar-refractivity contribution is 5.77. The summed E-state index contributed by atoms with van der Waals surface area (Å²) in [7, 11) is 1.68. The molecule has 0 aromatic carbocycles. The number of carbonyl (C=O) groups is 1. The third-order valence-electron chi connectivity index (χ3n) is 5.41. The van der Waals surface area contributed by atoms with Crippen molar-refractivity contribution in [3.8, 4) is 0 Å². The predicted molar refractivity (Wildman–Crippen MR) is 93.0 cm³/mol. The minimum absolute atomic E-state index is 0.195. The maximum absolute atomic E-state index is 12.2. The lowest BCUT2D eigenvalue weighted by molar-refractivity contribution is -0.140. The summed E-state index contributed by atoms with van der Waals surface area (Å²) in [4.78, 5) is 21.1. The molecule has 1 amide bonds. The molecule has 2 saturated heterocycles. The van der Waals surface area contributed by atoms with E-state index >= 15 is 0 Å². The Hall–Kier alpha value is -1.47. The van der Waals surface area contributed by atoms with Gasteiger partial charge in [-0.3, -0.25) is 9.69 Å². The van der Waals surface area contributed by atoms with Gasteiger partial charge in [-0.15, -0.1) is 0 Å². The summed E-state index contributed by atoms with van der Waals surface area (Å²) in [6, 6.07) is 0. The number of rotatable bonds is 6. The van der Waals surface area contributed by atoms with Gasteiger partial charge in [0, 0.05) is 44.5 Å². The van der Waals surface area contributed by atoms with Gasteiger partial charge in [0.2, 0.25) is 11.8 Å². The van der Waals surface area contributed by atoms with Gasteiger partial charge in [-0.05, 0) is 25.8 Å². The van der Waals surface area contributed by atoms with Crippen LogP contribution in [0.4, 0.5) is 0 Å². The molecule has 0 radical (unpaired) electrons. The molecule has 1 atom stereocenters. The fourth-order valence-corrected chi connectivity index (χ4v) is 4.04. The van der Waals surface area contributed by atoms with Crippen LogP contribution in [0.1, 0.15) is 57.2 Å². The number of methoxy groups -OCH3 is 1. The maximum atomic E-state index is 12.2. The van der Waals surface area contributed by atoms with Gasteiger partial charge in [-0.25, -0.2) is 0 Å². The van der Waals surface area contributed by atoms with E-state index in [9.17, 15) is 4.79 Å². The molecule has 3 heterocycles. The standard InChI is InChI=1S/C18H30N4O3/c1-14(2)17-19-15(25-20-17)11-21-8-4-6-18(12-21)7-5-16(23)22(13-18)9-10-24-3/h14H,4-13H2,1-3H3/t18-/m1/s1. The van der Waals surface area contributed by atoms with Crippen LogP contribution in [0.2, 0.25) is 0 Å². The van der Waals surface area contributed by atoms with Crippen molar-refractivity contribution in [3.05, 3.63) is 11.7 Å². The second kappa shape index (κ2) is 7.83. The molecule has 2 aliphatic rings. The fourth-order valence-electron chi connectivity index (χ4n) is 4.04. The molecule has 1 spiro atoms. The first-order valence-electron chi connectivity index (χ1n) is 9.33. The van der Waals surface area contributed by atoms with Gasteiger partial charge in [0.05, 0.1) is 13.2 Å². The first-order chi connectivity index (χ1) is 12.0. The number of piperidine rings is 2. The van der Waals surface area contributed by atoms with E-state index in [4.69, 9.17) is 9.26 Å². The molecule has 7 nitrogen and oxygen atoms in total. The van der Waals surface area contributed by atoms with E-state index in [0.29, 0.717) is 32.0 Å². The lowest BCUT2D eigenvalue weighted by atomic mass is 9.73. The summed E-state index contributed by atoms with van der Waals surface area (Å²) >= 11 is 0. The highest BCUT2D eigenvalue weighted by Gasteiger charge is 2.41. The number of ether oxygens (including phenoxy) is 1. The van der Waals surface area contributed by atoms with Crippen molar-refractivity contribution in [3.63, 3.8) is 0 Å².